The van der Waals surface area contributed by atoms with Crippen LogP contribution >= 0.6 is 0 Å². The van der Waals surface area contributed by atoms with E-state index in [0.717, 1.165) is 0 Å². The van der Waals surface area contributed by atoms with Crippen LogP contribution in [0.3, 0.4) is 0 Å². The maximum atomic E-state index is 11.1. The maximum Gasteiger partial charge on any atom is 0.338 e. The Kier molecular flexibility index (Phi) is 2.55. The molecular formula is C10H9N3O3. The van der Waals surface area contributed by atoms with E-state index in [1.54, 1.807) is 12.1 Å². The molecule has 82 valence electrons. The van der Waals surface area contributed by atoms with Crippen molar-refractivity contribution >= 4 is 5.97 Å². The molecule has 6 heteroatoms. The Morgan fingerprint density at radius 2 is 2.31 bits per heavy atom. The molecule has 1 aromatic heterocycles. The first-order valence-electron chi connectivity index (χ1n) is 4.48. The van der Waals surface area contributed by atoms with Crippen molar-refractivity contribution in [2.24, 2.45) is 0 Å². The van der Waals surface area contributed by atoms with E-state index < -0.39 is 5.97 Å². The van der Waals surface area contributed by atoms with E-state index in [1.165, 1.54) is 30.5 Å². The molecule has 1 N–H and O–H groups in total. The molecular weight excluding hydrogens is 210 g/mol. The van der Waals surface area contributed by atoms with Crippen LogP contribution in [0.1, 0.15) is 10.4 Å². The van der Waals surface area contributed by atoms with Crippen LogP contribution in [0.15, 0.2) is 30.9 Å². The number of ether oxygens (including phenoxy) is 1. The lowest BCUT2D eigenvalue weighted by Gasteiger charge is -2.07. The fourth-order valence-electron chi connectivity index (χ4n) is 1.35. The van der Waals surface area contributed by atoms with Gasteiger partial charge in [-0.25, -0.2) is 14.5 Å². The van der Waals surface area contributed by atoms with E-state index in [2.05, 4.69) is 10.1 Å². The monoisotopic (exact) mass is 219 g/mol. The van der Waals surface area contributed by atoms with Gasteiger partial charge in [-0.3, -0.25) is 0 Å². The predicted molar refractivity (Wildman–Crippen MR) is 54.9 cm³/mol. The second kappa shape index (κ2) is 4.01. The lowest BCUT2D eigenvalue weighted by Crippen LogP contribution is -2.06. The van der Waals surface area contributed by atoms with E-state index in [4.69, 9.17) is 9.84 Å². The van der Waals surface area contributed by atoms with Crippen LogP contribution in [0.25, 0.3) is 5.69 Å². The molecule has 0 aliphatic carbocycles. The molecule has 16 heavy (non-hydrogen) atoms. The Balaban J connectivity index is 2.57. The third-order valence-electron chi connectivity index (χ3n) is 2.10. The molecule has 2 rings (SSSR count). The first-order chi connectivity index (χ1) is 7.72. The fraction of sp³-hybridized carbons (Fsp3) is 0.100. The van der Waals surface area contributed by atoms with Crippen molar-refractivity contribution in [3.05, 3.63) is 36.4 Å². The quantitative estimate of drug-likeness (QED) is 0.832. The molecule has 0 saturated carbocycles. The van der Waals surface area contributed by atoms with Crippen LogP contribution in [0.2, 0.25) is 0 Å². The summed E-state index contributed by atoms with van der Waals surface area (Å²) in [6, 6.07) is 4.74. The van der Waals surface area contributed by atoms with E-state index in [9.17, 15) is 4.79 Å². The topological polar surface area (TPSA) is 77.2 Å². The second-order valence-corrected chi connectivity index (χ2v) is 3.03. The molecule has 2 aromatic rings. The summed E-state index contributed by atoms with van der Waals surface area (Å²) in [7, 11) is 1.48. The third-order valence-corrected chi connectivity index (χ3v) is 2.10. The zero-order valence-corrected chi connectivity index (χ0v) is 8.49. The summed E-state index contributed by atoms with van der Waals surface area (Å²) in [6.07, 6.45) is 2.78. The highest BCUT2D eigenvalue weighted by Gasteiger charge is 2.13. The molecule has 0 unspecified atom stereocenters. The first-order valence-corrected chi connectivity index (χ1v) is 4.48. The van der Waals surface area contributed by atoms with Crippen molar-refractivity contribution in [3.8, 4) is 11.4 Å². The van der Waals surface area contributed by atoms with Crippen molar-refractivity contribution in [3.63, 3.8) is 0 Å². The van der Waals surface area contributed by atoms with Crippen molar-refractivity contribution in [1.82, 2.24) is 14.8 Å². The number of nitrogens with zero attached hydrogens (tertiary/aromatic N) is 3. The summed E-state index contributed by atoms with van der Waals surface area (Å²) in [5.74, 6) is -0.550. The molecule has 1 aromatic carbocycles. The van der Waals surface area contributed by atoms with Gasteiger partial charge in [-0.1, -0.05) is 0 Å². The number of aromatic carboxylic acids is 1. The molecule has 6 nitrogen and oxygen atoms in total. The zero-order valence-electron chi connectivity index (χ0n) is 8.49. The van der Waals surface area contributed by atoms with Gasteiger partial charge in [0.2, 0.25) is 0 Å². The van der Waals surface area contributed by atoms with Crippen LogP contribution < -0.4 is 4.74 Å². The standard InChI is InChI=1S/C10H9N3O3/c1-16-7-2-3-9(8(4-7)10(14)15)13-6-11-5-12-13/h2-6H,1H3,(H,14,15). The Morgan fingerprint density at radius 1 is 1.50 bits per heavy atom. The van der Waals surface area contributed by atoms with Gasteiger partial charge in [0.1, 0.15) is 18.4 Å². The van der Waals surface area contributed by atoms with E-state index >= 15 is 0 Å². The number of hydrogen-bond acceptors (Lipinski definition) is 4. The summed E-state index contributed by atoms with van der Waals surface area (Å²) < 4.78 is 6.36. The Morgan fingerprint density at radius 3 is 2.88 bits per heavy atom. The number of carboxylic acid groups (broad SMARTS) is 1. The van der Waals surface area contributed by atoms with Crippen molar-refractivity contribution in [1.29, 1.82) is 0 Å². The number of benzene rings is 1. The second-order valence-electron chi connectivity index (χ2n) is 3.03. The van der Waals surface area contributed by atoms with Crippen LogP contribution in [-0.4, -0.2) is 33.0 Å². The molecule has 0 atom stereocenters. The third kappa shape index (κ3) is 1.72. The van der Waals surface area contributed by atoms with E-state index in [1.807, 2.05) is 0 Å². The predicted octanol–water partition coefficient (Wildman–Crippen LogP) is 0.974. The average Bonchev–Trinajstić information content (AvgIpc) is 2.81. The number of hydrogen-bond donors (Lipinski definition) is 1. The molecule has 0 saturated heterocycles. The van der Waals surface area contributed by atoms with Gasteiger partial charge in [0.05, 0.1) is 18.4 Å². The molecule has 0 aliphatic heterocycles. The van der Waals surface area contributed by atoms with E-state index in [-0.39, 0.29) is 5.56 Å². The van der Waals surface area contributed by atoms with Crippen LogP contribution in [0, 0.1) is 0 Å². The van der Waals surface area contributed by atoms with Gasteiger partial charge < -0.3 is 9.84 Å². The van der Waals surface area contributed by atoms with E-state index in [0.29, 0.717) is 11.4 Å². The number of methoxy groups -OCH3 is 1. The molecule has 0 aliphatic rings. The summed E-state index contributed by atoms with van der Waals surface area (Å²) in [5.41, 5.74) is 0.565. The SMILES string of the molecule is COc1ccc(-n2cncn2)c(C(=O)O)c1. The van der Waals surface area contributed by atoms with Crippen molar-refractivity contribution in [2.75, 3.05) is 7.11 Å². The molecule has 0 bridgehead atoms. The molecule has 1 heterocycles. The molecule has 0 fully saturated rings. The van der Waals surface area contributed by atoms with Crippen molar-refractivity contribution < 1.29 is 14.6 Å². The largest absolute Gasteiger partial charge is 0.497 e. The van der Waals surface area contributed by atoms with Crippen molar-refractivity contribution in [2.45, 2.75) is 0 Å². The summed E-state index contributed by atoms with van der Waals surface area (Å²) in [4.78, 5) is 14.8. The summed E-state index contributed by atoms with van der Waals surface area (Å²) in [6.45, 7) is 0. The zero-order chi connectivity index (χ0) is 11.5. The van der Waals surface area contributed by atoms with Gasteiger partial charge in [-0.2, -0.15) is 5.10 Å². The normalized spacial score (nSPS) is 10.1. The minimum Gasteiger partial charge on any atom is -0.497 e. The van der Waals surface area contributed by atoms with Gasteiger partial charge >= 0.3 is 5.97 Å². The van der Waals surface area contributed by atoms with Gasteiger partial charge in [0.25, 0.3) is 0 Å². The van der Waals surface area contributed by atoms with Gasteiger partial charge in [-0.05, 0) is 18.2 Å². The van der Waals surface area contributed by atoms with Crippen LogP contribution in [0.4, 0.5) is 0 Å². The summed E-state index contributed by atoms with van der Waals surface area (Å²) >= 11 is 0. The number of aromatic nitrogens is 3. The number of rotatable bonds is 3. The lowest BCUT2D eigenvalue weighted by molar-refractivity contribution is 0.0696. The Hall–Kier alpha value is -2.37. The lowest BCUT2D eigenvalue weighted by atomic mass is 10.1. The highest BCUT2D eigenvalue weighted by Crippen LogP contribution is 2.20. The van der Waals surface area contributed by atoms with Crippen LogP contribution in [-0.2, 0) is 0 Å². The highest BCUT2D eigenvalue weighted by molar-refractivity contribution is 5.92. The minimum atomic E-state index is -1.04. The Bertz CT molecular complexity index is 508. The smallest absolute Gasteiger partial charge is 0.338 e. The molecule has 0 amide bonds. The Labute approximate surface area is 91.1 Å². The summed E-state index contributed by atoms with van der Waals surface area (Å²) in [5, 5.41) is 13.0. The molecule has 0 spiro atoms. The number of carbonyl (C=O) groups is 1. The minimum absolute atomic E-state index is 0.116. The fourth-order valence-corrected chi connectivity index (χ4v) is 1.35. The average molecular weight is 219 g/mol. The van der Waals surface area contributed by atoms with Gasteiger partial charge in [0, 0.05) is 0 Å². The maximum absolute atomic E-state index is 11.1. The highest BCUT2D eigenvalue weighted by atomic mass is 16.5. The number of carboxylic acids is 1. The van der Waals surface area contributed by atoms with Gasteiger partial charge in [0.15, 0.2) is 0 Å². The van der Waals surface area contributed by atoms with Gasteiger partial charge in [-0.15, -0.1) is 0 Å². The molecule has 0 radical (unpaired) electrons. The first kappa shape index (κ1) is 10.2. The van der Waals surface area contributed by atoms with Crippen LogP contribution in [0.5, 0.6) is 5.75 Å².